The molecule has 1 aliphatic heterocycles. The molecule has 1 aromatic carbocycles. The van der Waals surface area contributed by atoms with Crippen LogP contribution < -0.4 is 10.6 Å². The Morgan fingerprint density at radius 1 is 1.12 bits per heavy atom. The highest BCUT2D eigenvalue weighted by molar-refractivity contribution is 5.85. The van der Waals surface area contributed by atoms with Crippen molar-refractivity contribution in [3.63, 3.8) is 0 Å². The van der Waals surface area contributed by atoms with E-state index in [9.17, 15) is 0 Å². The number of aromatic amines is 1. The van der Waals surface area contributed by atoms with Gasteiger partial charge in [0.05, 0.1) is 0 Å². The van der Waals surface area contributed by atoms with Gasteiger partial charge < -0.3 is 15.6 Å². The second-order valence-electron chi connectivity index (χ2n) is 4.00. The van der Waals surface area contributed by atoms with Crippen molar-refractivity contribution in [2.75, 3.05) is 19.6 Å². The number of H-pyrrole nitrogens is 1. The minimum absolute atomic E-state index is 0. The van der Waals surface area contributed by atoms with Crippen LogP contribution in [0.1, 0.15) is 11.6 Å². The van der Waals surface area contributed by atoms with Gasteiger partial charge in [-0.05, 0) is 11.6 Å². The van der Waals surface area contributed by atoms with Gasteiger partial charge >= 0.3 is 0 Å². The summed E-state index contributed by atoms with van der Waals surface area (Å²) in [6.07, 6.45) is 2.12. The lowest BCUT2D eigenvalue weighted by atomic mass is 10.0. The van der Waals surface area contributed by atoms with E-state index in [0.717, 1.165) is 19.6 Å². The molecule has 3 nitrogen and oxygen atoms in total. The molecule has 1 aliphatic rings. The van der Waals surface area contributed by atoms with Crippen LogP contribution in [-0.2, 0) is 0 Å². The molecule has 3 N–H and O–H groups in total. The first-order chi connectivity index (χ1) is 7.45. The molecule has 16 heavy (non-hydrogen) atoms. The van der Waals surface area contributed by atoms with E-state index in [0.29, 0.717) is 6.04 Å². The molecule has 4 heteroatoms. The number of rotatable bonds is 1. The maximum absolute atomic E-state index is 3.53. The van der Waals surface area contributed by atoms with Crippen LogP contribution in [0, 0.1) is 0 Å². The van der Waals surface area contributed by atoms with Crippen molar-refractivity contribution in [2.45, 2.75) is 6.04 Å². The van der Waals surface area contributed by atoms with Gasteiger partial charge in [-0.1, -0.05) is 18.2 Å². The van der Waals surface area contributed by atoms with Gasteiger partial charge in [0.2, 0.25) is 0 Å². The molecule has 0 aliphatic carbocycles. The lowest BCUT2D eigenvalue weighted by Gasteiger charge is -2.24. The lowest BCUT2D eigenvalue weighted by Crippen LogP contribution is -2.42. The van der Waals surface area contributed by atoms with Crippen LogP contribution >= 0.6 is 12.4 Å². The Hall–Kier alpha value is -1.03. The fraction of sp³-hybridized carbons (Fsp3) is 0.333. The van der Waals surface area contributed by atoms with Gasteiger partial charge in [-0.2, -0.15) is 0 Å². The number of hydrogen-bond donors (Lipinski definition) is 3. The smallest absolute Gasteiger partial charge is 0.0468 e. The van der Waals surface area contributed by atoms with Gasteiger partial charge in [-0.15, -0.1) is 12.4 Å². The second-order valence-corrected chi connectivity index (χ2v) is 4.00. The maximum atomic E-state index is 3.53. The van der Waals surface area contributed by atoms with Crippen LogP contribution in [0.2, 0.25) is 0 Å². The summed E-state index contributed by atoms with van der Waals surface area (Å²) < 4.78 is 0. The van der Waals surface area contributed by atoms with E-state index >= 15 is 0 Å². The van der Waals surface area contributed by atoms with E-state index in [2.05, 4.69) is 46.1 Å². The number of fused-ring (bicyclic) bond motifs is 1. The SMILES string of the molecule is Cl.c1ccc2c([C@H]3CNCCN3)c[nH]c2c1. The molecule has 0 unspecified atom stereocenters. The first kappa shape index (κ1) is 11.5. The zero-order valence-electron chi connectivity index (χ0n) is 8.99. The van der Waals surface area contributed by atoms with Crippen molar-refractivity contribution in [3.05, 3.63) is 36.0 Å². The number of para-hydroxylation sites is 1. The van der Waals surface area contributed by atoms with Gasteiger partial charge in [-0.3, -0.25) is 0 Å². The summed E-state index contributed by atoms with van der Waals surface area (Å²) in [6, 6.07) is 8.90. The van der Waals surface area contributed by atoms with Crippen LogP contribution in [0.25, 0.3) is 10.9 Å². The average Bonchev–Trinajstić information content (AvgIpc) is 2.74. The average molecular weight is 238 g/mol. The molecule has 0 saturated carbocycles. The maximum Gasteiger partial charge on any atom is 0.0468 e. The molecule has 0 spiro atoms. The molecule has 3 rings (SSSR count). The van der Waals surface area contributed by atoms with E-state index in [-0.39, 0.29) is 12.4 Å². The van der Waals surface area contributed by atoms with Crippen LogP contribution in [0.3, 0.4) is 0 Å². The monoisotopic (exact) mass is 237 g/mol. The van der Waals surface area contributed by atoms with Gasteiger partial charge in [-0.25, -0.2) is 0 Å². The highest BCUT2D eigenvalue weighted by Gasteiger charge is 2.17. The number of benzene rings is 1. The highest BCUT2D eigenvalue weighted by Crippen LogP contribution is 2.24. The first-order valence-corrected chi connectivity index (χ1v) is 5.45. The Morgan fingerprint density at radius 2 is 2.00 bits per heavy atom. The fourth-order valence-corrected chi connectivity index (χ4v) is 2.26. The molecular weight excluding hydrogens is 222 g/mol. The van der Waals surface area contributed by atoms with Crippen LogP contribution in [0.15, 0.2) is 30.5 Å². The normalized spacial score (nSPS) is 20.6. The third-order valence-electron chi connectivity index (χ3n) is 3.04. The third kappa shape index (κ3) is 1.94. The Bertz CT molecular complexity index is 460. The van der Waals surface area contributed by atoms with Crippen molar-refractivity contribution >= 4 is 23.3 Å². The molecule has 1 fully saturated rings. The van der Waals surface area contributed by atoms with Crippen LogP contribution in [0.4, 0.5) is 0 Å². The molecule has 2 heterocycles. The summed E-state index contributed by atoms with van der Waals surface area (Å²) in [7, 11) is 0. The molecule has 1 aromatic heterocycles. The molecule has 1 atom stereocenters. The van der Waals surface area contributed by atoms with Gasteiger partial charge in [0.1, 0.15) is 0 Å². The van der Waals surface area contributed by atoms with E-state index < -0.39 is 0 Å². The number of halogens is 1. The van der Waals surface area contributed by atoms with Crippen molar-refractivity contribution in [1.82, 2.24) is 15.6 Å². The van der Waals surface area contributed by atoms with Crippen LogP contribution in [-0.4, -0.2) is 24.6 Å². The van der Waals surface area contributed by atoms with E-state index in [4.69, 9.17) is 0 Å². The lowest BCUT2D eigenvalue weighted by molar-refractivity contribution is 0.432. The third-order valence-corrected chi connectivity index (χ3v) is 3.04. The Morgan fingerprint density at radius 3 is 2.81 bits per heavy atom. The summed E-state index contributed by atoms with van der Waals surface area (Å²) in [5.41, 5.74) is 2.60. The number of hydrogen-bond acceptors (Lipinski definition) is 2. The predicted molar refractivity (Wildman–Crippen MR) is 69.2 cm³/mol. The topological polar surface area (TPSA) is 39.8 Å². The second kappa shape index (κ2) is 4.87. The van der Waals surface area contributed by atoms with Gasteiger partial charge in [0.15, 0.2) is 0 Å². The Kier molecular flexibility index (Phi) is 3.49. The first-order valence-electron chi connectivity index (χ1n) is 5.45. The van der Waals surface area contributed by atoms with Crippen molar-refractivity contribution in [3.8, 4) is 0 Å². The quantitative estimate of drug-likeness (QED) is 0.708. The minimum atomic E-state index is 0. The fourth-order valence-electron chi connectivity index (χ4n) is 2.26. The summed E-state index contributed by atoms with van der Waals surface area (Å²) in [6.45, 7) is 3.13. The number of piperazine rings is 1. The molecule has 86 valence electrons. The van der Waals surface area contributed by atoms with E-state index in [1.54, 1.807) is 0 Å². The molecule has 0 radical (unpaired) electrons. The molecule has 2 aromatic rings. The highest BCUT2D eigenvalue weighted by atomic mass is 35.5. The molecule has 0 amide bonds. The molecule has 0 bridgehead atoms. The zero-order valence-corrected chi connectivity index (χ0v) is 9.81. The Balaban J connectivity index is 0.000000963. The molecule has 1 saturated heterocycles. The summed E-state index contributed by atoms with van der Waals surface area (Å²) in [5.74, 6) is 0. The minimum Gasteiger partial charge on any atom is -0.361 e. The number of aromatic nitrogens is 1. The predicted octanol–water partition coefficient (Wildman–Crippen LogP) is 1.82. The Labute approximate surface area is 101 Å². The largest absolute Gasteiger partial charge is 0.361 e. The van der Waals surface area contributed by atoms with Gasteiger partial charge in [0, 0.05) is 42.8 Å². The van der Waals surface area contributed by atoms with Crippen LogP contribution in [0.5, 0.6) is 0 Å². The van der Waals surface area contributed by atoms with E-state index in [1.165, 1.54) is 16.5 Å². The van der Waals surface area contributed by atoms with Crippen molar-refractivity contribution in [2.24, 2.45) is 0 Å². The van der Waals surface area contributed by atoms with Crippen molar-refractivity contribution < 1.29 is 0 Å². The summed E-state index contributed by atoms with van der Waals surface area (Å²) in [5, 5.41) is 8.27. The standard InChI is InChI=1S/C12H15N3.ClH/c1-2-4-11-9(3-1)10(7-15-11)12-8-13-5-6-14-12;/h1-4,7,12-15H,5-6,8H2;1H/t12-;/m1./s1. The zero-order chi connectivity index (χ0) is 10.1. The van der Waals surface area contributed by atoms with E-state index in [1.807, 2.05) is 0 Å². The molecular formula is C12H16ClN3. The number of nitrogens with one attached hydrogen (secondary N) is 3. The summed E-state index contributed by atoms with van der Waals surface area (Å²) >= 11 is 0. The van der Waals surface area contributed by atoms with Crippen molar-refractivity contribution in [1.29, 1.82) is 0 Å². The van der Waals surface area contributed by atoms with Gasteiger partial charge in [0.25, 0.3) is 0 Å². The summed E-state index contributed by atoms with van der Waals surface area (Å²) in [4.78, 5) is 3.32.